The zero-order chi connectivity index (χ0) is 25.1. The number of Topliss-reactive ketones (excluding diaryl/α,β-unsaturated/α-hetero) is 1. The van der Waals surface area contributed by atoms with Crippen molar-refractivity contribution >= 4 is 34.7 Å². The summed E-state index contributed by atoms with van der Waals surface area (Å²) in [5, 5.41) is 21.3. The van der Waals surface area contributed by atoms with Gasteiger partial charge in [-0.15, -0.1) is 0 Å². The Morgan fingerprint density at radius 2 is 1.77 bits per heavy atom. The molecular weight excluding hydrogens is 470 g/mol. The van der Waals surface area contributed by atoms with Crippen LogP contribution in [-0.4, -0.2) is 35.6 Å². The van der Waals surface area contributed by atoms with E-state index < -0.39 is 17.7 Å². The van der Waals surface area contributed by atoms with Crippen LogP contribution in [0.1, 0.15) is 30.5 Å². The summed E-state index contributed by atoms with van der Waals surface area (Å²) in [5.74, 6) is -1.01. The quantitative estimate of drug-likeness (QED) is 0.257. The van der Waals surface area contributed by atoms with Gasteiger partial charge in [-0.05, 0) is 60.5 Å². The molecule has 0 saturated carbocycles. The number of anilines is 1. The van der Waals surface area contributed by atoms with E-state index in [2.05, 4.69) is 0 Å². The summed E-state index contributed by atoms with van der Waals surface area (Å²) in [6.45, 7) is 2.48. The fourth-order valence-corrected chi connectivity index (χ4v) is 4.15. The number of nitrogens with zero attached hydrogens (tertiary/aromatic N) is 1. The smallest absolute Gasteiger partial charge is 0.300 e. The summed E-state index contributed by atoms with van der Waals surface area (Å²) in [5.41, 5.74) is 1.12. The van der Waals surface area contributed by atoms with Crippen molar-refractivity contribution in [3.63, 3.8) is 0 Å². The van der Waals surface area contributed by atoms with E-state index in [1.54, 1.807) is 54.6 Å². The van der Waals surface area contributed by atoms with Crippen molar-refractivity contribution in [2.75, 3.05) is 18.6 Å². The van der Waals surface area contributed by atoms with Crippen molar-refractivity contribution < 1.29 is 29.3 Å². The molecule has 1 fully saturated rings. The number of phenolic OH excluding ortho intramolecular Hbond substituents is 1. The van der Waals surface area contributed by atoms with E-state index in [4.69, 9.17) is 21.1 Å². The molecule has 4 rings (SSSR count). The van der Waals surface area contributed by atoms with Gasteiger partial charge in [0.1, 0.15) is 23.0 Å². The third-order valence-corrected chi connectivity index (χ3v) is 5.97. The number of carbonyl (C=O) groups is 2. The molecule has 3 aromatic carbocycles. The number of carbonyl (C=O) groups excluding carboxylic acids is 2. The van der Waals surface area contributed by atoms with Gasteiger partial charge >= 0.3 is 0 Å². The molecule has 1 aliphatic heterocycles. The Labute approximate surface area is 207 Å². The highest BCUT2D eigenvalue weighted by Crippen LogP contribution is 2.44. The maximum atomic E-state index is 13.3. The van der Waals surface area contributed by atoms with E-state index in [0.717, 1.165) is 6.42 Å². The summed E-state index contributed by atoms with van der Waals surface area (Å²) in [6.07, 6.45) is 0.810. The van der Waals surface area contributed by atoms with Crippen LogP contribution in [0.3, 0.4) is 0 Å². The molecule has 0 bridgehead atoms. The summed E-state index contributed by atoms with van der Waals surface area (Å²) in [6, 6.07) is 16.8. The van der Waals surface area contributed by atoms with Crippen LogP contribution in [-0.2, 0) is 9.59 Å². The Balaban J connectivity index is 1.89. The summed E-state index contributed by atoms with van der Waals surface area (Å²) in [4.78, 5) is 27.8. The molecular formula is C27H24ClNO6. The van der Waals surface area contributed by atoms with Crippen LogP contribution in [0.25, 0.3) is 5.76 Å². The number of ketones is 1. The van der Waals surface area contributed by atoms with Crippen LogP contribution < -0.4 is 14.4 Å². The van der Waals surface area contributed by atoms with Gasteiger partial charge in [-0.3, -0.25) is 14.5 Å². The molecule has 0 aromatic heterocycles. The predicted octanol–water partition coefficient (Wildman–Crippen LogP) is 5.47. The van der Waals surface area contributed by atoms with Crippen LogP contribution >= 0.6 is 11.6 Å². The monoisotopic (exact) mass is 493 g/mol. The average molecular weight is 494 g/mol. The Morgan fingerprint density at radius 3 is 2.43 bits per heavy atom. The molecule has 0 radical (unpaired) electrons. The lowest BCUT2D eigenvalue weighted by atomic mass is 9.95. The first-order valence-corrected chi connectivity index (χ1v) is 11.4. The van der Waals surface area contributed by atoms with Gasteiger partial charge < -0.3 is 19.7 Å². The SMILES string of the molecule is CCCOc1cccc(/C(O)=C2/C(=O)C(=O)N(c3ccc(OC)cc3)C2c2ccc(O)c(Cl)c2)c1. The maximum Gasteiger partial charge on any atom is 0.300 e. The van der Waals surface area contributed by atoms with Gasteiger partial charge in [0.2, 0.25) is 0 Å². The Bertz CT molecular complexity index is 1300. The van der Waals surface area contributed by atoms with E-state index in [9.17, 15) is 19.8 Å². The molecule has 8 heteroatoms. The predicted molar refractivity (Wildman–Crippen MR) is 133 cm³/mol. The van der Waals surface area contributed by atoms with Crippen LogP contribution in [0.2, 0.25) is 5.02 Å². The van der Waals surface area contributed by atoms with Crippen LogP contribution in [0.4, 0.5) is 5.69 Å². The van der Waals surface area contributed by atoms with Gasteiger partial charge in [0, 0.05) is 11.3 Å². The Morgan fingerprint density at radius 1 is 1.03 bits per heavy atom. The second-order valence-corrected chi connectivity index (χ2v) is 8.36. The third kappa shape index (κ3) is 4.68. The van der Waals surface area contributed by atoms with E-state index >= 15 is 0 Å². The standard InChI is InChI=1S/C27H24ClNO6/c1-3-13-35-20-6-4-5-17(14-20)25(31)23-24(16-7-12-22(30)21(28)15-16)29(27(33)26(23)32)18-8-10-19(34-2)11-9-18/h4-12,14-15,24,30-31H,3,13H2,1-2H3/b25-23-. The first kappa shape index (κ1) is 24.2. The molecule has 35 heavy (non-hydrogen) atoms. The molecule has 1 amide bonds. The minimum atomic E-state index is -0.985. The minimum Gasteiger partial charge on any atom is -0.507 e. The number of hydrogen-bond donors (Lipinski definition) is 2. The summed E-state index contributed by atoms with van der Waals surface area (Å²) in [7, 11) is 1.53. The van der Waals surface area contributed by atoms with Crippen molar-refractivity contribution in [3.05, 3.63) is 88.5 Å². The van der Waals surface area contributed by atoms with Gasteiger partial charge in [0.25, 0.3) is 11.7 Å². The third-order valence-electron chi connectivity index (χ3n) is 5.66. The highest BCUT2D eigenvalue weighted by molar-refractivity contribution is 6.51. The number of aromatic hydroxyl groups is 1. The minimum absolute atomic E-state index is 0.0535. The molecule has 7 nitrogen and oxygen atoms in total. The van der Waals surface area contributed by atoms with Gasteiger partial charge in [0.05, 0.1) is 30.4 Å². The zero-order valence-electron chi connectivity index (χ0n) is 19.2. The number of ether oxygens (including phenoxy) is 2. The molecule has 3 aromatic rings. The lowest BCUT2D eigenvalue weighted by Crippen LogP contribution is -2.29. The lowest BCUT2D eigenvalue weighted by Gasteiger charge is -2.26. The van der Waals surface area contributed by atoms with Gasteiger partial charge in [-0.25, -0.2) is 0 Å². The van der Waals surface area contributed by atoms with Gasteiger partial charge in [0.15, 0.2) is 0 Å². The highest BCUT2D eigenvalue weighted by atomic mass is 35.5. The van der Waals surface area contributed by atoms with Crippen LogP contribution in [0.5, 0.6) is 17.2 Å². The highest BCUT2D eigenvalue weighted by Gasteiger charge is 2.47. The number of aliphatic hydroxyl groups is 1. The molecule has 1 unspecified atom stereocenters. The fourth-order valence-electron chi connectivity index (χ4n) is 3.96. The van der Waals surface area contributed by atoms with Crippen molar-refractivity contribution in [3.8, 4) is 17.2 Å². The second-order valence-electron chi connectivity index (χ2n) is 7.95. The Kier molecular flexibility index (Phi) is 6.98. The fraction of sp³-hybridized carbons (Fsp3) is 0.185. The molecule has 1 heterocycles. The zero-order valence-corrected chi connectivity index (χ0v) is 20.0. The number of phenols is 1. The number of benzene rings is 3. The van der Waals surface area contributed by atoms with Gasteiger partial charge in [-0.1, -0.05) is 36.7 Å². The van der Waals surface area contributed by atoms with Crippen molar-refractivity contribution in [2.24, 2.45) is 0 Å². The molecule has 0 aliphatic carbocycles. The summed E-state index contributed by atoms with van der Waals surface area (Å²) >= 11 is 6.16. The molecule has 2 N–H and O–H groups in total. The second kappa shape index (κ2) is 10.1. The van der Waals surface area contributed by atoms with Gasteiger partial charge in [-0.2, -0.15) is 0 Å². The first-order chi connectivity index (χ1) is 16.8. The van der Waals surface area contributed by atoms with Crippen LogP contribution in [0.15, 0.2) is 72.3 Å². The number of hydrogen-bond acceptors (Lipinski definition) is 6. The number of amides is 1. The van der Waals surface area contributed by atoms with E-state index in [-0.39, 0.29) is 22.1 Å². The molecule has 1 saturated heterocycles. The molecule has 180 valence electrons. The molecule has 1 aliphatic rings. The number of aliphatic hydroxyl groups excluding tert-OH is 1. The van der Waals surface area contributed by atoms with E-state index in [1.165, 1.54) is 24.1 Å². The van der Waals surface area contributed by atoms with Crippen molar-refractivity contribution in [1.82, 2.24) is 0 Å². The normalized spacial score (nSPS) is 17.0. The topological polar surface area (TPSA) is 96.3 Å². The number of rotatable bonds is 7. The number of methoxy groups -OCH3 is 1. The van der Waals surface area contributed by atoms with E-state index in [0.29, 0.717) is 34.9 Å². The lowest BCUT2D eigenvalue weighted by molar-refractivity contribution is -0.132. The number of halogens is 1. The molecule has 1 atom stereocenters. The van der Waals surface area contributed by atoms with Crippen molar-refractivity contribution in [1.29, 1.82) is 0 Å². The summed E-state index contributed by atoms with van der Waals surface area (Å²) < 4.78 is 10.9. The van der Waals surface area contributed by atoms with Crippen LogP contribution in [0, 0.1) is 0 Å². The average Bonchev–Trinajstić information content (AvgIpc) is 3.14. The first-order valence-electron chi connectivity index (χ1n) is 11.0. The molecule has 0 spiro atoms. The Hall–Kier alpha value is -3.97. The van der Waals surface area contributed by atoms with Crippen molar-refractivity contribution in [2.45, 2.75) is 19.4 Å². The largest absolute Gasteiger partial charge is 0.507 e. The maximum absolute atomic E-state index is 13.3. The van der Waals surface area contributed by atoms with E-state index in [1.807, 2.05) is 6.92 Å².